The number of phenols is 1. The maximum absolute atomic E-state index is 13.9. The van der Waals surface area contributed by atoms with E-state index in [-0.39, 0.29) is 30.7 Å². The van der Waals surface area contributed by atoms with Crippen LogP contribution in [0.15, 0.2) is 6.07 Å². The molecule has 3 aliphatic rings. The van der Waals surface area contributed by atoms with Gasteiger partial charge in [-0.15, -0.1) is 0 Å². The van der Waals surface area contributed by atoms with Gasteiger partial charge in [-0.25, -0.2) is 0 Å². The molecule has 1 aromatic carbocycles. The van der Waals surface area contributed by atoms with Gasteiger partial charge in [0.15, 0.2) is 34.7 Å². The molecular formula is C25H32N4O7. The summed E-state index contributed by atoms with van der Waals surface area (Å²) in [5.41, 5.74) is 4.36. The Morgan fingerprint density at radius 2 is 1.81 bits per heavy atom. The Morgan fingerprint density at radius 3 is 2.33 bits per heavy atom. The summed E-state index contributed by atoms with van der Waals surface area (Å²) in [4.78, 5) is 69.4. The molecule has 1 aromatic rings. The Morgan fingerprint density at radius 1 is 1.17 bits per heavy atom. The number of likely N-dealkylation sites (N-methyl/N-ethyl adjacent to an activating group) is 1. The topological polar surface area (TPSA) is 170 Å². The summed E-state index contributed by atoms with van der Waals surface area (Å²) < 4.78 is 0. The lowest BCUT2D eigenvalue weighted by Crippen LogP contribution is -2.74. The van der Waals surface area contributed by atoms with E-state index in [1.807, 2.05) is 19.0 Å². The highest BCUT2D eigenvalue weighted by Crippen LogP contribution is 2.52. The third kappa shape index (κ3) is 3.40. The zero-order valence-corrected chi connectivity index (χ0v) is 21.0. The number of primary amides is 1. The van der Waals surface area contributed by atoms with Gasteiger partial charge in [-0.2, -0.15) is 0 Å². The molecular weight excluding hydrogens is 468 g/mol. The molecule has 0 aromatic heterocycles. The van der Waals surface area contributed by atoms with E-state index in [1.165, 1.54) is 4.90 Å². The minimum atomic E-state index is -2.72. The quantitative estimate of drug-likeness (QED) is 0.355. The van der Waals surface area contributed by atoms with E-state index in [9.17, 15) is 34.2 Å². The van der Waals surface area contributed by atoms with Crippen LogP contribution in [0.5, 0.6) is 5.75 Å². The summed E-state index contributed by atoms with van der Waals surface area (Å²) in [6, 6.07) is 0.666. The summed E-state index contributed by atoms with van der Waals surface area (Å²) in [6.07, 6.45) is 0.253. The van der Waals surface area contributed by atoms with Crippen molar-refractivity contribution >= 4 is 34.7 Å². The average molecular weight is 501 g/mol. The number of hydrogen-bond acceptors (Lipinski definition) is 10. The number of anilines is 1. The maximum Gasteiger partial charge on any atom is 0.235 e. The molecule has 11 nitrogen and oxygen atoms in total. The largest absolute Gasteiger partial charge is 0.507 e. The van der Waals surface area contributed by atoms with Gasteiger partial charge in [-0.3, -0.25) is 28.9 Å². The molecule has 0 heterocycles. The molecule has 194 valence electrons. The smallest absolute Gasteiger partial charge is 0.235 e. The number of Topliss-reactive ketones (excluding diaryl/α,β-unsaturated/α-hetero) is 4. The number of nitrogens with one attached hydrogen (secondary N) is 1. The van der Waals surface area contributed by atoms with Crippen LogP contribution in [-0.4, -0.2) is 91.0 Å². The van der Waals surface area contributed by atoms with Crippen LogP contribution in [0, 0.1) is 23.7 Å². The highest BCUT2D eigenvalue weighted by molar-refractivity contribution is 6.32. The predicted molar refractivity (Wildman–Crippen MR) is 128 cm³/mol. The number of carbonyl (C=O) groups is 5. The van der Waals surface area contributed by atoms with Crippen molar-refractivity contribution in [3.63, 3.8) is 0 Å². The Kier molecular flexibility index (Phi) is 6.30. The van der Waals surface area contributed by atoms with Crippen molar-refractivity contribution < 1.29 is 34.2 Å². The summed E-state index contributed by atoms with van der Waals surface area (Å²) in [5, 5.41) is 25.6. The van der Waals surface area contributed by atoms with Gasteiger partial charge in [0.05, 0.1) is 17.5 Å². The number of hydrogen-bond donors (Lipinski definition) is 4. The first kappa shape index (κ1) is 25.9. The van der Waals surface area contributed by atoms with Crippen LogP contribution in [0.1, 0.15) is 27.9 Å². The van der Waals surface area contributed by atoms with Crippen molar-refractivity contribution in [2.75, 3.05) is 40.1 Å². The number of benzene rings is 1. The molecule has 5 N–H and O–H groups in total. The third-order valence-electron chi connectivity index (χ3n) is 7.97. The van der Waals surface area contributed by atoms with Gasteiger partial charge in [-0.05, 0) is 51.5 Å². The standard InChI is InChI=1S/C25H32N4O7/c1-27-9-11-8-14(28(2)3)12-6-10-7-13-18(29(4)5)21(32)17(24(26)35)23(34)25(13,36)22(33)15(10)20(31)16(12)19(11)30/h8,10,13,15,17-18,27,30,36H,6-7,9H2,1-5H3,(H2,26,35)/t10-,13-,15?,17?,18-,25-/m0/s1. The van der Waals surface area contributed by atoms with E-state index in [2.05, 4.69) is 5.32 Å². The predicted octanol–water partition coefficient (Wildman–Crippen LogP) is -1.35. The number of nitrogens with two attached hydrogens (primary N) is 1. The summed E-state index contributed by atoms with van der Waals surface area (Å²) in [7, 11) is 8.42. The second-order valence-electron chi connectivity index (χ2n) is 10.5. The zero-order chi connectivity index (χ0) is 26.9. The molecule has 0 saturated heterocycles. The van der Waals surface area contributed by atoms with E-state index in [0.717, 1.165) is 0 Å². The van der Waals surface area contributed by atoms with E-state index in [4.69, 9.17) is 5.73 Å². The highest BCUT2D eigenvalue weighted by atomic mass is 16.3. The van der Waals surface area contributed by atoms with Crippen LogP contribution in [0.4, 0.5) is 5.69 Å². The average Bonchev–Trinajstić information content (AvgIpc) is 2.77. The van der Waals surface area contributed by atoms with Crippen molar-refractivity contribution in [2.24, 2.45) is 29.4 Å². The maximum atomic E-state index is 13.9. The van der Waals surface area contributed by atoms with Gasteiger partial charge in [0.25, 0.3) is 0 Å². The van der Waals surface area contributed by atoms with Crippen molar-refractivity contribution in [1.29, 1.82) is 0 Å². The molecule has 0 radical (unpaired) electrons. The molecule has 6 atom stereocenters. The molecule has 3 aliphatic carbocycles. The molecule has 11 heteroatoms. The first-order valence-corrected chi connectivity index (χ1v) is 11.8. The van der Waals surface area contributed by atoms with Gasteiger partial charge in [0.2, 0.25) is 5.91 Å². The summed E-state index contributed by atoms with van der Waals surface area (Å²) in [5.74, 6) is -10.4. The van der Waals surface area contributed by atoms with Gasteiger partial charge < -0.3 is 26.2 Å². The fourth-order valence-corrected chi connectivity index (χ4v) is 6.43. The van der Waals surface area contributed by atoms with Crippen LogP contribution in [0.2, 0.25) is 0 Å². The Bertz CT molecular complexity index is 1190. The van der Waals surface area contributed by atoms with E-state index < -0.39 is 64.4 Å². The van der Waals surface area contributed by atoms with Gasteiger partial charge in [0.1, 0.15) is 5.75 Å². The number of ketones is 4. The number of carbonyl (C=O) groups excluding carboxylic acids is 5. The number of amides is 1. The molecule has 0 spiro atoms. The number of nitrogens with zero attached hydrogens (tertiary/aromatic N) is 2. The van der Waals surface area contributed by atoms with Crippen LogP contribution in [0.25, 0.3) is 0 Å². The highest BCUT2D eigenvalue weighted by Gasteiger charge is 2.69. The molecule has 36 heavy (non-hydrogen) atoms. The van der Waals surface area contributed by atoms with E-state index >= 15 is 0 Å². The van der Waals surface area contributed by atoms with Gasteiger partial charge in [-0.1, -0.05) is 0 Å². The van der Waals surface area contributed by atoms with Crippen molar-refractivity contribution in [3.05, 3.63) is 22.8 Å². The monoisotopic (exact) mass is 500 g/mol. The lowest BCUT2D eigenvalue weighted by atomic mass is 9.52. The molecule has 1 amide bonds. The van der Waals surface area contributed by atoms with Crippen LogP contribution in [-0.2, 0) is 32.1 Å². The molecule has 0 bridgehead atoms. The normalized spacial score (nSPS) is 31.7. The second-order valence-corrected chi connectivity index (χ2v) is 10.5. The molecule has 2 saturated carbocycles. The van der Waals surface area contributed by atoms with E-state index in [1.54, 1.807) is 27.2 Å². The molecule has 2 unspecified atom stereocenters. The van der Waals surface area contributed by atoms with Crippen molar-refractivity contribution in [2.45, 2.75) is 31.0 Å². The molecule has 2 fully saturated rings. The van der Waals surface area contributed by atoms with Gasteiger partial charge >= 0.3 is 0 Å². The van der Waals surface area contributed by atoms with E-state index in [0.29, 0.717) is 16.8 Å². The lowest BCUT2D eigenvalue weighted by molar-refractivity contribution is -0.181. The number of aromatic hydroxyl groups is 1. The zero-order valence-electron chi connectivity index (χ0n) is 21.0. The summed E-state index contributed by atoms with van der Waals surface area (Å²) in [6.45, 7) is 0.271. The third-order valence-corrected chi connectivity index (χ3v) is 7.97. The first-order chi connectivity index (χ1) is 16.8. The minimum Gasteiger partial charge on any atom is -0.507 e. The Labute approximate surface area is 208 Å². The first-order valence-electron chi connectivity index (χ1n) is 11.8. The van der Waals surface area contributed by atoms with Gasteiger partial charge in [0, 0.05) is 37.8 Å². The molecule has 4 rings (SSSR count). The van der Waals surface area contributed by atoms with Crippen molar-refractivity contribution in [1.82, 2.24) is 10.2 Å². The number of rotatable bonds is 5. The number of fused-ring (bicyclic) bond motifs is 3. The van der Waals surface area contributed by atoms with Crippen molar-refractivity contribution in [3.8, 4) is 5.75 Å². The lowest BCUT2D eigenvalue weighted by Gasteiger charge is -2.52. The summed E-state index contributed by atoms with van der Waals surface area (Å²) >= 11 is 0. The second kappa shape index (κ2) is 8.75. The fraction of sp³-hybridized carbons (Fsp3) is 0.560. The SMILES string of the molecule is CNCc1cc(N(C)C)c2c(c1O)C(=O)C1C(=O)[C@]3(O)C(=O)C(C(N)=O)C(=O)[C@@H](N(C)C)[C@@H]3C[C@@H]1C2. The fourth-order valence-electron chi connectivity index (χ4n) is 6.43. The van der Waals surface area contributed by atoms with Crippen LogP contribution < -0.4 is 16.0 Å². The molecule has 0 aliphatic heterocycles. The number of phenolic OH excluding ortho intramolecular Hbond substituents is 1. The minimum absolute atomic E-state index is 0.00181. The number of aliphatic hydroxyl groups is 1. The van der Waals surface area contributed by atoms with Crippen LogP contribution in [0.3, 0.4) is 0 Å². The Balaban J connectivity index is 1.90. The Hall–Kier alpha value is -3.15. The van der Waals surface area contributed by atoms with Crippen LogP contribution >= 0.6 is 0 Å².